The summed E-state index contributed by atoms with van der Waals surface area (Å²) in [6.07, 6.45) is 1.21. The zero-order valence-electron chi connectivity index (χ0n) is 20.7. The molecule has 0 aromatic heterocycles. The molecule has 0 bridgehead atoms. The predicted octanol–water partition coefficient (Wildman–Crippen LogP) is 3.60. The maximum absolute atomic E-state index is 13.2. The number of fused-ring (bicyclic) bond motifs is 2. The lowest BCUT2D eigenvalue weighted by Crippen LogP contribution is -2.51. The van der Waals surface area contributed by atoms with Gasteiger partial charge in [0, 0.05) is 24.8 Å². The molecule has 0 saturated heterocycles. The number of amides is 3. The zero-order valence-corrected chi connectivity index (χ0v) is 20.7. The number of anilines is 1. The predicted molar refractivity (Wildman–Crippen MR) is 131 cm³/mol. The Labute approximate surface area is 205 Å². The van der Waals surface area contributed by atoms with E-state index in [0.29, 0.717) is 67.8 Å². The van der Waals surface area contributed by atoms with Crippen LogP contribution in [-0.4, -0.2) is 56.9 Å². The fraction of sp³-hybridized carbons (Fsp3) is 0.462. The summed E-state index contributed by atoms with van der Waals surface area (Å²) < 4.78 is 22.0. The van der Waals surface area contributed by atoms with Gasteiger partial charge in [-0.15, -0.1) is 0 Å². The summed E-state index contributed by atoms with van der Waals surface area (Å²) in [5.41, 5.74) is 2.72. The fourth-order valence-electron chi connectivity index (χ4n) is 4.35. The summed E-state index contributed by atoms with van der Waals surface area (Å²) in [7, 11) is 3.20. The number of hydrogen-bond donors (Lipinski definition) is 2. The lowest BCUT2D eigenvalue weighted by atomic mass is 9.99. The minimum atomic E-state index is -0.678. The van der Waals surface area contributed by atoms with Crippen LogP contribution in [0, 0.1) is 5.92 Å². The highest BCUT2D eigenvalue weighted by molar-refractivity contribution is 5.97. The Kier molecular flexibility index (Phi) is 7.53. The first kappa shape index (κ1) is 24.5. The first-order valence-electron chi connectivity index (χ1n) is 11.9. The standard InChI is InChI=1S/C26H33N3O6/c1-16(2)11-20(25(30)27-19-5-6-21-24(14-19)35-10-9-34-21)28-26(31)29-8-7-17-12-22(32-3)23(33-4)13-18(17)15-29/h5-6,12-14,16,20H,7-11,15H2,1-4H3,(H,27,30)(H,28,31)/t20-/m0/s1. The summed E-state index contributed by atoms with van der Waals surface area (Å²) in [4.78, 5) is 28.0. The molecule has 0 unspecified atom stereocenters. The van der Waals surface area contributed by atoms with Crippen LogP contribution < -0.4 is 29.6 Å². The number of methoxy groups -OCH3 is 2. The van der Waals surface area contributed by atoms with Crippen LogP contribution in [0.1, 0.15) is 31.4 Å². The molecule has 3 amide bonds. The molecule has 2 heterocycles. The first-order chi connectivity index (χ1) is 16.9. The normalized spacial score (nSPS) is 15.2. The van der Waals surface area contributed by atoms with Gasteiger partial charge in [-0.25, -0.2) is 4.79 Å². The molecule has 2 aliphatic heterocycles. The van der Waals surface area contributed by atoms with Crippen LogP contribution >= 0.6 is 0 Å². The minimum absolute atomic E-state index is 0.213. The molecule has 0 radical (unpaired) electrons. The monoisotopic (exact) mass is 483 g/mol. The molecule has 0 aliphatic carbocycles. The molecule has 4 rings (SSSR count). The molecule has 1 atom stereocenters. The Morgan fingerprint density at radius 1 is 1.00 bits per heavy atom. The van der Waals surface area contributed by atoms with E-state index >= 15 is 0 Å². The molecule has 9 nitrogen and oxygen atoms in total. The Bertz CT molecular complexity index is 1090. The zero-order chi connectivity index (χ0) is 24.9. The molecular weight excluding hydrogens is 450 g/mol. The van der Waals surface area contributed by atoms with Crippen molar-refractivity contribution in [1.29, 1.82) is 0 Å². The van der Waals surface area contributed by atoms with Gasteiger partial charge in [0.15, 0.2) is 23.0 Å². The average Bonchev–Trinajstić information content (AvgIpc) is 2.86. The Hall–Kier alpha value is -3.62. The van der Waals surface area contributed by atoms with Crippen LogP contribution in [0.2, 0.25) is 0 Å². The van der Waals surface area contributed by atoms with E-state index < -0.39 is 6.04 Å². The van der Waals surface area contributed by atoms with Gasteiger partial charge >= 0.3 is 6.03 Å². The van der Waals surface area contributed by atoms with Crippen molar-refractivity contribution in [3.05, 3.63) is 41.5 Å². The topological polar surface area (TPSA) is 98.4 Å². The molecule has 35 heavy (non-hydrogen) atoms. The quantitative estimate of drug-likeness (QED) is 0.625. The maximum atomic E-state index is 13.2. The van der Waals surface area contributed by atoms with Gasteiger partial charge < -0.3 is 34.5 Å². The summed E-state index contributed by atoms with van der Waals surface area (Å²) in [5, 5.41) is 5.86. The highest BCUT2D eigenvalue weighted by Gasteiger charge is 2.28. The number of nitrogens with one attached hydrogen (secondary N) is 2. The van der Waals surface area contributed by atoms with Gasteiger partial charge in [0.25, 0.3) is 0 Å². The van der Waals surface area contributed by atoms with Crippen LogP contribution in [0.3, 0.4) is 0 Å². The Morgan fingerprint density at radius 2 is 1.69 bits per heavy atom. The van der Waals surface area contributed by atoms with Crippen molar-refractivity contribution < 1.29 is 28.5 Å². The highest BCUT2D eigenvalue weighted by atomic mass is 16.6. The SMILES string of the molecule is COc1cc2c(cc1OC)CN(C(=O)N[C@@H](CC(C)C)C(=O)Nc1ccc3c(c1)OCCO3)CC2. The molecule has 9 heteroatoms. The van der Waals surface area contributed by atoms with Gasteiger partial charge in [-0.05, 0) is 54.2 Å². The van der Waals surface area contributed by atoms with E-state index in [9.17, 15) is 9.59 Å². The number of hydrogen-bond acceptors (Lipinski definition) is 6. The molecule has 0 saturated carbocycles. The molecule has 2 aromatic rings. The van der Waals surface area contributed by atoms with Crippen LogP contribution in [0.15, 0.2) is 30.3 Å². The first-order valence-corrected chi connectivity index (χ1v) is 11.9. The van der Waals surface area contributed by atoms with Crippen molar-refractivity contribution in [1.82, 2.24) is 10.2 Å². The van der Waals surface area contributed by atoms with Gasteiger partial charge in [0.2, 0.25) is 5.91 Å². The molecule has 0 spiro atoms. The van der Waals surface area contributed by atoms with E-state index in [1.807, 2.05) is 26.0 Å². The molecule has 0 fully saturated rings. The largest absolute Gasteiger partial charge is 0.493 e. The van der Waals surface area contributed by atoms with E-state index in [1.54, 1.807) is 37.3 Å². The van der Waals surface area contributed by atoms with Crippen molar-refractivity contribution in [3.63, 3.8) is 0 Å². The van der Waals surface area contributed by atoms with Crippen molar-refractivity contribution in [2.45, 2.75) is 39.3 Å². The lowest BCUT2D eigenvalue weighted by molar-refractivity contribution is -0.118. The summed E-state index contributed by atoms with van der Waals surface area (Å²) >= 11 is 0. The average molecular weight is 484 g/mol. The molecule has 2 aromatic carbocycles. The maximum Gasteiger partial charge on any atom is 0.318 e. The molecular formula is C26H33N3O6. The van der Waals surface area contributed by atoms with Gasteiger partial charge in [-0.2, -0.15) is 0 Å². The van der Waals surface area contributed by atoms with Crippen LogP contribution in [0.5, 0.6) is 23.0 Å². The van der Waals surface area contributed by atoms with Gasteiger partial charge in [0.05, 0.1) is 14.2 Å². The number of benzene rings is 2. The second-order valence-electron chi connectivity index (χ2n) is 9.13. The summed E-state index contributed by atoms with van der Waals surface area (Å²) in [6, 6.07) is 8.21. The van der Waals surface area contributed by atoms with Gasteiger partial charge in [-0.1, -0.05) is 13.8 Å². The second-order valence-corrected chi connectivity index (χ2v) is 9.13. The lowest BCUT2D eigenvalue weighted by Gasteiger charge is -2.31. The molecule has 2 aliphatic rings. The molecule has 188 valence electrons. The van der Waals surface area contributed by atoms with Crippen LogP contribution in [-0.2, 0) is 17.8 Å². The third-order valence-corrected chi connectivity index (χ3v) is 6.14. The number of carbonyl (C=O) groups excluding carboxylic acids is 2. The van der Waals surface area contributed by atoms with Gasteiger partial charge in [-0.3, -0.25) is 4.79 Å². The highest BCUT2D eigenvalue weighted by Crippen LogP contribution is 2.34. The van der Waals surface area contributed by atoms with Crippen molar-refractivity contribution in [3.8, 4) is 23.0 Å². The van der Waals surface area contributed by atoms with Crippen molar-refractivity contribution in [2.24, 2.45) is 5.92 Å². The van der Waals surface area contributed by atoms with E-state index in [1.165, 1.54) is 0 Å². The number of nitrogens with zero attached hydrogens (tertiary/aromatic N) is 1. The third-order valence-electron chi connectivity index (χ3n) is 6.14. The van der Waals surface area contributed by atoms with E-state index in [0.717, 1.165) is 11.1 Å². The van der Waals surface area contributed by atoms with E-state index in [2.05, 4.69) is 10.6 Å². The number of urea groups is 1. The Balaban J connectivity index is 1.44. The van der Waals surface area contributed by atoms with E-state index in [4.69, 9.17) is 18.9 Å². The van der Waals surface area contributed by atoms with Crippen molar-refractivity contribution in [2.75, 3.05) is 39.3 Å². The number of ether oxygens (including phenoxy) is 4. The summed E-state index contributed by atoms with van der Waals surface area (Å²) in [6.45, 7) is 5.99. The minimum Gasteiger partial charge on any atom is -0.493 e. The smallest absolute Gasteiger partial charge is 0.318 e. The van der Waals surface area contributed by atoms with Crippen LogP contribution in [0.4, 0.5) is 10.5 Å². The second kappa shape index (κ2) is 10.8. The van der Waals surface area contributed by atoms with Crippen LogP contribution in [0.25, 0.3) is 0 Å². The van der Waals surface area contributed by atoms with E-state index in [-0.39, 0.29) is 17.9 Å². The number of rotatable bonds is 7. The van der Waals surface area contributed by atoms with Crippen molar-refractivity contribution >= 4 is 17.6 Å². The third kappa shape index (κ3) is 5.72. The van der Waals surface area contributed by atoms with Gasteiger partial charge in [0.1, 0.15) is 19.3 Å². The molecule has 2 N–H and O–H groups in total. The fourth-order valence-corrected chi connectivity index (χ4v) is 4.35. The summed E-state index contributed by atoms with van der Waals surface area (Å²) in [5.74, 6) is 2.50. The number of carbonyl (C=O) groups is 2. The Morgan fingerprint density at radius 3 is 2.37 bits per heavy atom.